The van der Waals surface area contributed by atoms with Crippen molar-refractivity contribution in [3.8, 4) is 23.8 Å². The highest BCUT2D eigenvalue weighted by molar-refractivity contribution is 5.85. The Bertz CT molecular complexity index is 979. The van der Waals surface area contributed by atoms with Crippen molar-refractivity contribution in [1.29, 1.82) is 0 Å². The van der Waals surface area contributed by atoms with Gasteiger partial charge in [-0.15, -0.1) is 6.42 Å². The maximum Gasteiger partial charge on any atom is 0.225 e. The third-order valence-corrected chi connectivity index (χ3v) is 6.21. The molecule has 2 unspecified atom stereocenters. The molecule has 0 saturated carbocycles. The average Bonchev–Trinajstić information content (AvgIpc) is 2.87. The molecule has 1 aliphatic rings. The number of likely N-dealkylation sites (tertiary alicyclic amines) is 1. The molecule has 6 heteroatoms. The van der Waals surface area contributed by atoms with Crippen LogP contribution in [0.5, 0.6) is 11.5 Å². The number of ether oxygens (including phenoxy) is 2. The van der Waals surface area contributed by atoms with Gasteiger partial charge < -0.3 is 19.7 Å². The van der Waals surface area contributed by atoms with Gasteiger partial charge in [-0.3, -0.25) is 9.59 Å². The summed E-state index contributed by atoms with van der Waals surface area (Å²) in [6, 6.07) is 15.1. The van der Waals surface area contributed by atoms with E-state index >= 15 is 0 Å². The predicted octanol–water partition coefficient (Wildman–Crippen LogP) is 4.15. The van der Waals surface area contributed by atoms with Crippen LogP contribution < -0.4 is 14.8 Å². The van der Waals surface area contributed by atoms with E-state index in [2.05, 4.69) is 18.2 Å². The first-order valence-electron chi connectivity index (χ1n) is 11.9. The molecule has 2 aromatic carbocycles. The fourth-order valence-corrected chi connectivity index (χ4v) is 4.37. The lowest BCUT2D eigenvalue weighted by Gasteiger charge is -2.41. The maximum absolute atomic E-state index is 13.3. The number of piperidine rings is 1. The van der Waals surface area contributed by atoms with E-state index in [4.69, 9.17) is 15.9 Å². The predicted molar refractivity (Wildman–Crippen MR) is 133 cm³/mol. The highest BCUT2D eigenvalue weighted by Gasteiger charge is 2.40. The van der Waals surface area contributed by atoms with E-state index in [-0.39, 0.29) is 30.4 Å². The molecular formula is C28H34N2O4. The summed E-state index contributed by atoms with van der Waals surface area (Å²) in [4.78, 5) is 28.0. The molecule has 0 spiro atoms. The van der Waals surface area contributed by atoms with Crippen LogP contribution in [0.4, 0.5) is 0 Å². The van der Waals surface area contributed by atoms with Crippen LogP contribution in [0.3, 0.4) is 0 Å². The number of nitrogens with zero attached hydrogens (tertiary/aromatic N) is 1. The monoisotopic (exact) mass is 462 g/mol. The standard InChI is InChI=1S/C28H34N2O4/c1-4-6-19-30-26(31)16-15-25(27(30)22-9-13-23(33-3)14-10-22)28(32)29-18-17-21-7-11-24(12-8-21)34-20-5-2/h2,7-14,25,27H,4,6,15-20H2,1,3H3,(H,29,32). The third-order valence-electron chi connectivity index (χ3n) is 6.21. The Balaban J connectivity index is 1.68. The van der Waals surface area contributed by atoms with Crippen molar-refractivity contribution in [2.24, 2.45) is 5.92 Å². The van der Waals surface area contributed by atoms with Crippen molar-refractivity contribution in [3.63, 3.8) is 0 Å². The molecule has 2 atom stereocenters. The van der Waals surface area contributed by atoms with E-state index in [1.807, 2.05) is 53.4 Å². The number of unbranched alkanes of at least 4 members (excludes halogenated alkanes) is 1. The molecule has 0 bridgehead atoms. The number of hydrogen-bond donors (Lipinski definition) is 1. The van der Waals surface area contributed by atoms with Crippen LogP contribution in [0.2, 0.25) is 0 Å². The second kappa shape index (κ2) is 12.7. The van der Waals surface area contributed by atoms with Crippen LogP contribution in [0.15, 0.2) is 48.5 Å². The zero-order valence-corrected chi connectivity index (χ0v) is 20.1. The number of amides is 2. The largest absolute Gasteiger partial charge is 0.497 e. The lowest BCUT2D eigenvalue weighted by molar-refractivity contribution is -0.143. The van der Waals surface area contributed by atoms with Crippen LogP contribution in [-0.2, 0) is 16.0 Å². The van der Waals surface area contributed by atoms with Crippen LogP contribution in [0, 0.1) is 18.3 Å². The van der Waals surface area contributed by atoms with E-state index in [1.165, 1.54) is 0 Å². The third kappa shape index (κ3) is 6.54. The molecular weight excluding hydrogens is 428 g/mol. The SMILES string of the molecule is C#CCOc1ccc(CCNC(=O)C2CCC(=O)N(CCCC)C2c2ccc(OC)cc2)cc1. The van der Waals surface area contributed by atoms with E-state index in [0.29, 0.717) is 32.4 Å². The topological polar surface area (TPSA) is 67.9 Å². The van der Waals surface area contributed by atoms with Crippen LogP contribution in [0.1, 0.15) is 49.8 Å². The first-order valence-corrected chi connectivity index (χ1v) is 11.9. The maximum atomic E-state index is 13.3. The summed E-state index contributed by atoms with van der Waals surface area (Å²) in [6.45, 7) is 3.53. The molecule has 1 saturated heterocycles. The molecule has 0 aliphatic carbocycles. The summed E-state index contributed by atoms with van der Waals surface area (Å²) >= 11 is 0. The highest BCUT2D eigenvalue weighted by Crippen LogP contribution is 2.37. The summed E-state index contributed by atoms with van der Waals surface area (Å²) in [5.41, 5.74) is 2.07. The number of rotatable bonds is 11. The molecule has 6 nitrogen and oxygen atoms in total. The van der Waals surface area contributed by atoms with E-state index < -0.39 is 0 Å². The zero-order chi connectivity index (χ0) is 24.3. The molecule has 180 valence electrons. The van der Waals surface area contributed by atoms with Crippen LogP contribution in [-0.4, -0.2) is 43.5 Å². The number of nitrogens with one attached hydrogen (secondary N) is 1. The fourth-order valence-electron chi connectivity index (χ4n) is 4.37. The molecule has 1 heterocycles. The quantitative estimate of drug-likeness (QED) is 0.510. The van der Waals surface area contributed by atoms with Crippen LogP contribution in [0.25, 0.3) is 0 Å². The molecule has 34 heavy (non-hydrogen) atoms. The summed E-state index contributed by atoms with van der Waals surface area (Å²) in [5, 5.41) is 3.10. The molecule has 2 aromatic rings. The van der Waals surface area contributed by atoms with Gasteiger partial charge in [-0.05, 0) is 54.7 Å². The van der Waals surface area contributed by atoms with Gasteiger partial charge in [-0.25, -0.2) is 0 Å². The first-order chi connectivity index (χ1) is 16.6. The highest BCUT2D eigenvalue weighted by atomic mass is 16.5. The van der Waals surface area contributed by atoms with Crippen molar-refractivity contribution < 1.29 is 19.1 Å². The molecule has 0 radical (unpaired) electrons. The minimum absolute atomic E-state index is 0.0104. The Kier molecular flexibility index (Phi) is 9.40. The number of benzene rings is 2. The fraction of sp³-hybridized carbons (Fsp3) is 0.429. The van der Waals surface area contributed by atoms with Gasteiger partial charge in [0.2, 0.25) is 11.8 Å². The molecule has 1 N–H and O–H groups in total. The van der Waals surface area contributed by atoms with Crippen molar-refractivity contribution in [1.82, 2.24) is 10.2 Å². The Morgan fingerprint density at radius 3 is 2.50 bits per heavy atom. The Labute approximate surface area is 202 Å². The van der Waals surface area contributed by atoms with E-state index in [1.54, 1.807) is 7.11 Å². The van der Waals surface area contributed by atoms with Crippen molar-refractivity contribution in [2.45, 2.75) is 45.1 Å². The number of methoxy groups -OCH3 is 1. The summed E-state index contributed by atoms with van der Waals surface area (Å²) < 4.78 is 10.7. The smallest absolute Gasteiger partial charge is 0.225 e. The number of carbonyl (C=O) groups is 2. The second-order valence-corrected chi connectivity index (χ2v) is 8.48. The number of terminal acetylenes is 1. The zero-order valence-electron chi connectivity index (χ0n) is 20.1. The minimum atomic E-state index is -0.289. The second-order valence-electron chi connectivity index (χ2n) is 8.48. The minimum Gasteiger partial charge on any atom is -0.497 e. The van der Waals surface area contributed by atoms with Gasteiger partial charge in [0.25, 0.3) is 0 Å². The van der Waals surface area contributed by atoms with Crippen molar-refractivity contribution in [3.05, 3.63) is 59.7 Å². The van der Waals surface area contributed by atoms with Crippen molar-refractivity contribution in [2.75, 3.05) is 26.8 Å². The number of carbonyl (C=O) groups excluding carboxylic acids is 2. The summed E-state index contributed by atoms with van der Waals surface area (Å²) in [7, 11) is 1.63. The van der Waals surface area contributed by atoms with E-state index in [9.17, 15) is 9.59 Å². The Hall–Kier alpha value is -3.46. The summed E-state index contributed by atoms with van der Waals surface area (Å²) in [6.07, 6.45) is 8.77. The number of hydrogen-bond acceptors (Lipinski definition) is 4. The van der Waals surface area contributed by atoms with Gasteiger partial charge in [-0.2, -0.15) is 0 Å². The van der Waals surface area contributed by atoms with Gasteiger partial charge in [0.1, 0.15) is 18.1 Å². The van der Waals surface area contributed by atoms with Crippen molar-refractivity contribution >= 4 is 11.8 Å². The molecule has 2 amide bonds. The van der Waals surface area contributed by atoms with Gasteiger partial charge in [-0.1, -0.05) is 43.5 Å². The Morgan fingerprint density at radius 1 is 1.15 bits per heavy atom. The summed E-state index contributed by atoms with van der Waals surface area (Å²) in [5.74, 6) is 3.74. The lowest BCUT2D eigenvalue weighted by Crippen LogP contribution is -2.48. The Morgan fingerprint density at radius 2 is 1.85 bits per heavy atom. The van der Waals surface area contributed by atoms with Gasteiger partial charge in [0.15, 0.2) is 0 Å². The average molecular weight is 463 g/mol. The first kappa shape index (κ1) is 25.2. The van der Waals surface area contributed by atoms with E-state index in [0.717, 1.165) is 35.5 Å². The lowest BCUT2D eigenvalue weighted by atomic mass is 9.83. The normalized spacial score (nSPS) is 17.7. The van der Waals surface area contributed by atoms with Gasteiger partial charge >= 0.3 is 0 Å². The molecule has 0 aromatic heterocycles. The molecule has 1 aliphatic heterocycles. The van der Waals surface area contributed by atoms with Gasteiger partial charge in [0.05, 0.1) is 19.1 Å². The van der Waals surface area contributed by atoms with Gasteiger partial charge in [0, 0.05) is 19.5 Å². The molecule has 3 rings (SSSR count). The molecule has 1 fully saturated rings. The van der Waals surface area contributed by atoms with Crippen LogP contribution >= 0.6 is 0 Å².